The Morgan fingerprint density at radius 3 is 2.48 bits per heavy atom. The molecule has 1 unspecified atom stereocenters. The highest BCUT2D eigenvalue weighted by Crippen LogP contribution is 2.19. The van der Waals surface area contributed by atoms with E-state index in [2.05, 4.69) is 6.92 Å². The maximum absolute atomic E-state index is 12.5. The molecule has 1 heterocycles. The summed E-state index contributed by atoms with van der Waals surface area (Å²) >= 11 is 0. The summed E-state index contributed by atoms with van der Waals surface area (Å²) in [4.78, 5) is 29.1. The van der Waals surface area contributed by atoms with Crippen LogP contribution < -0.4 is 0 Å². The standard InChI is InChI=1S/C15H29N3O3/c1-4-13-7-5-6-8-18(13)14(19)11-17(12-15(20)21)10-9-16(2)3/h13H,4-12H2,1-3H3,(H,20,21). The van der Waals surface area contributed by atoms with Crippen molar-refractivity contribution < 1.29 is 14.7 Å². The molecule has 6 heteroatoms. The summed E-state index contributed by atoms with van der Waals surface area (Å²) in [5.41, 5.74) is 0. The minimum Gasteiger partial charge on any atom is -0.480 e. The van der Waals surface area contributed by atoms with E-state index in [4.69, 9.17) is 5.11 Å². The van der Waals surface area contributed by atoms with Crippen LogP contribution in [0, 0.1) is 0 Å². The van der Waals surface area contributed by atoms with Crippen LogP contribution >= 0.6 is 0 Å². The summed E-state index contributed by atoms with van der Waals surface area (Å²) in [6.07, 6.45) is 4.28. The minimum absolute atomic E-state index is 0.0709. The second-order valence-corrected chi connectivity index (χ2v) is 6.05. The maximum Gasteiger partial charge on any atom is 0.317 e. The van der Waals surface area contributed by atoms with Crippen LogP contribution in [-0.2, 0) is 9.59 Å². The van der Waals surface area contributed by atoms with Gasteiger partial charge in [0.15, 0.2) is 0 Å². The number of aliphatic carboxylic acids is 1. The summed E-state index contributed by atoms with van der Waals surface area (Å²) < 4.78 is 0. The van der Waals surface area contributed by atoms with Gasteiger partial charge in [0.25, 0.3) is 0 Å². The van der Waals surface area contributed by atoms with Gasteiger partial charge in [0.2, 0.25) is 5.91 Å². The van der Waals surface area contributed by atoms with Crippen molar-refractivity contribution in [3.8, 4) is 0 Å². The fourth-order valence-electron chi connectivity index (χ4n) is 2.78. The van der Waals surface area contributed by atoms with Crippen molar-refractivity contribution in [2.45, 2.75) is 38.6 Å². The highest BCUT2D eigenvalue weighted by atomic mass is 16.4. The van der Waals surface area contributed by atoms with Gasteiger partial charge in [0.05, 0.1) is 13.1 Å². The third-order valence-electron chi connectivity index (χ3n) is 4.00. The van der Waals surface area contributed by atoms with Crippen LogP contribution in [0.1, 0.15) is 32.6 Å². The van der Waals surface area contributed by atoms with Gasteiger partial charge in [-0.05, 0) is 39.8 Å². The number of carbonyl (C=O) groups excluding carboxylic acids is 1. The number of carboxylic acid groups (broad SMARTS) is 1. The molecule has 0 saturated carbocycles. The van der Waals surface area contributed by atoms with Gasteiger partial charge in [0.1, 0.15) is 0 Å². The number of nitrogens with zero attached hydrogens (tertiary/aromatic N) is 3. The molecule has 1 saturated heterocycles. The number of rotatable bonds is 8. The Hall–Kier alpha value is -1.14. The Balaban J connectivity index is 2.58. The third kappa shape index (κ3) is 6.44. The van der Waals surface area contributed by atoms with Gasteiger partial charge < -0.3 is 14.9 Å². The molecule has 1 rings (SSSR count). The molecular formula is C15H29N3O3. The molecule has 1 N–H and O–H groups in total. The zero-order chi connectivity index (χ0) is 15.8. The molecule has 0 bridgehead atoms. The fourth-order valence-corrected chi connectivity index (χ4v) is 2.78. The molecule has 0 spiro atoms. The molecule has 1 atom stereocenters. The summed E-state index contributed by atoms with van der Waals surface area (Å²) in [7, 11) is 3.89. The van der Waals surface area contributed by atoms with E-state index in [0.717, 1.165) is 32.4 Å². The lowest BCUT2D eigenvalue weighted by Gasteiger charge is -2.36. The lowest BCUT2D eigenvalue weighted by molar-refractivity contribution is -0.140. The highest BCUT2D eigenvalue weighted by Gasteiger charge is 2.26. The normalized spacial score (nSPS) is 19.3. The molecule has 0 aliphatic carbocycles. The zero-order valence-corrected chi connectivity index (χ0v) is 13.5. The lowest BCUT2D eigenvalue weighted by Crippen LogP contribution is -2.49. The van der Waals surface area contributed by atoms with Gasteiger partial charge in [-0.25, -0.2) is 0 Å². The summed E-state index contributed by atoms with van der Waals surface area (Å²) in [5, 5.41) is 8.99. The van der Waals surface area contributed by atoms with E-state index in [1.165, 1.54) is 6.42 Å². The Labute approximate surface area is 127 Å². The Bertz CT molecular complexity index is 347. The van der Waals surface area contributed by atoms with Gasteiger partial charge in [0, 0.05) is 25.7 Å². The van der Waals surface area contributed by atoms with Crippen molar-refractivity contribution >= 4 is 11.9 Å². The van der Waals surface area contributed by atoms with Gasteiger partial charge in [-0.15, -0.1) is 0 Å². The molecule has 0 aromatic rings. The highest BCUT2D eigenvalue weighted by molar-refractivity contribution is 5.79. The first kappa shape index (κ1) is 17.9. The molecule has 0 radical (unpaired) electrons. The molecule has 1 aliphatic heterocycles. The van der Waals surface area contributed by atoms with Crippen LogP contribution in [0.25, 0.3) is 0 Å². The first-order valence-corrected chi connectivity index (χ1v) is 7.82. The van der Waals surface area contributed by atoms with Crippen molar-refractivity contribution in [3.05, 3.63) is 0 Å². The monoisotopic (exact) mass is 299 g/mol. The number of piperidine rings is 1. The molecule has 6 nitrogen and oxygen atoms in total. The quantitative estimate of drug-likeness (QED) is 0.716. The Kier molecular flexibility index (Phi) is 7.67. The van der Waals surface area contributed by atoms with Gasteiger partial charge in [-0.2, -0.15) is 0 Å². The topological polar surface area (TPSA) is 64.1 Å². The van der Waals surface area contributed by atoms with Gasteiger partial charge in [-0.3, -0.25) is 14.5 Å². The van der Waals surface area contributed by atoms with E-state index in [0.29, 0.717) is 12.6 Å². The van der Waals surface area contributed by atoms with Crippen LogP contribution in [0.3, 0.4) is 0 Å². The molecule has 1 fully saturated rings. The van der Waals surface area contributed by atoms with Crippen LogP contribution in [0.2, 0.25) is 0 Å². The molecule has 21 heavy (non-hydrogen) atoms. The van der Waals surface area contributed by atoms with E-state index < -0.39 is 5.97 Å². The number of hydrogen-bond acceptors (Lipinski definition) is 4. The van der Waals surface area contributed by atoms with Gasteiger partial charge >= 0.3 is 5.97 Å². The Morgan fingerprint density at radius 2 is 1.90 bits per heavy atom. The minimum atomic E-state index is -0.882. The summed E-state index contributed by atoms with van der Waals surface area (Å²) in [6.45, 7) is 4.39. The van der Waals surface area contributed by atoms with E-state index in [-0.39, 0.29) is 19.0 Å². The number of hydrogen-bond donors (Lipinski definition) is 1. The Morgan fingerprint density at radius 1 is 1.19 bits per heavy atom. The SMILES string of the molecule is CCC1CCCCN1C(=O)CN(CCN(C)C)CC(=O)O. The van der Waals surface area contributed by atoms with E-state index >= 15 is 0 Å². The number of amides is 1. The number of carbonyl (C=O) groups is 2. The number of carboxylic acids is 1. The molecule has 0 aromatic carbocycles. The largest absolute Gasteiger partial charge is 0.480 e. The van der Waals surface area contributed by atoms with Crippen molar-refractivity contribution in [1.29, 1.82) is 0 Å². The third-order valence-corrected chi connectivity index (χ3v) is 4.00. The number of likely N-dealkylation sites (N-methyl/N-ethyl adjacent to an activating group) is 1. The van der Waals surface area contributed by atoms with Crippen molar-refractivity contribution in [1.82, 2.24) is 14.7 Å². The van der Waals surface area contributed by atoms with Crippen LogP contribution in [0.5, 0.6) is 0 Å². The second kappa shape index (κ2) is 9.00. The average molecular weight is 299 g/mol. The average Bonchev–Trinajstić information content (AvgIpc) is 2.44. The molecular weight excluding hydrogens is 270 g/mol. The summed E-state index contributed by atoms with van der Waals surface area (Å²) in [5.74, 6) is -0.811. The van der Waals surface area contributed by atoms with Gasteiger partial charge in [-0.1, -0.05) is 6.92 Å². The van der Waals surface area contributed by atoms with Crippen LogP contribution in [0.4, 0.5) is 0 Å². The van der Waals surface area contributed by atoms with E-state index in [1.807, 2.05) is 23.9 Å². The second-order valence-electron chi connectivity index (χ2n) is 6.05. The van der Waals surface area contributed by atoms with E-state index in [9.17, 15) is 9.59 Å². The predicted molar refractivity (Wildman–Crippen MR) is 82.3 cm³/mol. The van der Waals surface area contributed by atoms with Crippen molar-refractivity contribution in [2.24, 2.45) is 0 Å². The molecule has 0 aromatic heterocycles. The molecule has 122 valence electrons. The number of likely N-dealkylation sites (tertiary alicyclic amines) is 1. The van der Waals surface area contributed by atoms with E-state index in [1.54, 1.807) is 4.90 Å². The fraction of sp³-hybridized carbons (Fsp3) is 0.867. The lowest BCUT2D eigenvalue weighted by atomic mass is 10.00. The maximum atomic E-state index is 12.5. The zero-order valence-electron chi connectivity index (χ0n) is 13.5. The first-order chi connectivity index (χ1) is 9.93. The summed E-state index contributed by atoms with van der Waals surface area (Å²) in [6, 6.07) is 0.326. The van der Waals surface area contributed by atoms with Crippen LogP contribution in [0.15, 0.2) is 0 Å². The van der Waals surface area contributed by atoms with Crippen molar-refractivity contribution in [3.63, 3.8) is 0 Å². The van der Waals surface area contributed by atoms with Crippen molar-refractivity contribution in [2.75, 3.05) is 46.8 Å². The smallest absolute Gasteiger partial charge is 0.317 e. The van der Waals surface area contributed by atoms with Crippen LogP contribution in [-0.4, -0.2) is 84.5 Å². The molecule has 1 aliphatic rings. The molecule has 1 amide bonds. The predicted octanol–water partition coefficient (Wildman–Crippen LogP) is 0.726. The first-order valence-electron chi connectivity index (χ1n) is 7.82.